The van der Waals surface area contributed by atoms with Crippen LogP contribution in [0.1, 0.15) is 31.9 Å². The SMILES string of the molecule is Cc1c2ccncc2c(C)c2c1[nH]c1ccc(OC(=O)CN(C)C(=O)OC(C)(C)C)cc12. The zero-order valence-electron chi connectivity index (χ0n) is 19.2. The number of esters is 1. The summed E-state index contributed by atoms with van der Waals surface area (Å²) in [5.74, 6) is -0.121. The normalized spacial score (nSPS) is 11.8. The maximum Gasteiger partial charge on any atom is 0.410 e. The number of H-pyrrole nitrogens is 1. The molecule has 0 unspecified atom stereocenters. The molecule has 0 radical (unpaired) electrons. The Labute approximate surface area is 186 Å². The van der Waals surface area contributed by atoms with Crippen molar-refractivity contribution >= 4 is 44.6 Å². The third-order valence-corrected chi connectivity index (χ3v) is 5.45. The highest BCUT2D eigenvalue weighted by molar-refractivity contribution is 6.16. The Kier molecular flexibility index (Phi) is 5.28. The molecule has 4 rings (SSSR count). The molecule has 2 heterocycles. The Balaban J connectivity index is 1.64. The lowest BCUT2D eigenvalue weighted by molar-refractivity contribution is -0.135. The van der Waals surface area contributed by atoms with Crippen LogP contribution in [0.15, 0.2) is 36.7 Å². The summed E-state index contributed by atoms with van der Waals surface area (Å²) in [6.07, 6.45) is 3.11. The number of carbonyl (C=O) groups excluding carboxylic acids is 2. The maximum atomic E-state index is 12.4. The number of fused-ring (bicyclic) bond motifs is 4. The summed E-state index contributed by atoms with van der Waals surface area (Å²) >= 11 is 0. The van der Waals surface area contributed by atoms with E-state index in [9.17, 15) is 9.59 Å². The average molecular weight is 434 g/mol. The van der Waals surface area contributed by atoms with Gasteiger partial charge in [0.2, 0.25) is 0 Å². The predicted octanol–water partition coefficient (Wildman–Crippen LogP) is 5.26. The van der Waals surface area contributed by atoms with Gasteiger partial charge < -0.3 is 19.4 Å². The Morgan fingerprint density at radius 3 is 2.53 bits per heavy atom. The van der Waals surface area contributed by atoms with E-state index in [-0.39, 0.29) is 6.54 Å². The first-order valence-corrected chi connectivity index (χ1v) is 10.5. The molecule has 0 fully saturated rings. The Morgan fingerprint density at radius 1 is 1.06 bits per heavy atom. The number of aromatic amines is 1. The molecule has 4 aromatic rings. The number of rotatable bonds is 3. The Bertz CT molecular complexity index is 1360. The van der Waals surface area contributed by atoms with Crippen molar-refractivity contribution in [1.82, 2.24) is 14.9 Å². The van der Waals surface area contributed by atoms with Crippen molar-refractivity contribution in [2.75, 3.05) is 13.6 Å². The van der Waals surface area contributed by atoms with E-state index in [4.69, 9.17) is 9.47 Å². The van der Waals surface area contributed by atoms with Gasteiger partial charge in [-0.15, -0.1) is 0 Å². The topological polar surface area (TPSA) is 84.5 Å². The minimum Gasteiger partial charge on any atom is -0.444 e. The molecule has 0 spiro atoms. The van der Waals surface area contributed by atoms with E-state index < -0.39 is 17.7 Å². The molecule has 0 bridgehead atoms. The smallest absolute Gasteiger partial charge is 0.410 e. The van der Waals surface area contributed by atoms with E-state index in [1.165, 1.54) is 11.9 Å². The van der Waals surface area contributed by atoms with Gasteiger partial charge in [0.1, 0.15) is 17.9 Å². The Morgan fingerprint density at radius 2 is 1.81 bits per heavy atom. The number of nitrogens with zero attached hydrogens (tertiary/aromatic N) is 2. The summed E-state index contributed by atoms with van der Waals surface area (Å²) in [6.45, 7) is 9.28. The number of aryl methyl sites for hydroxylation is 2. The van der Waals surface area contributed by atoms with Gasteiger partial charge in [0, 0.05) is 41.1 Å². The van der Waals surface area contributed by atoms with Crippen molar-refractivity contribution in [3.05, 3.63) is 47.8 Å². The molecule has 7 heteroatoms. The fourth-order valence-electron chi connectivity index (χ4n) is 3.96. The van der Waals surface area contributed by atoms with E-state index in [2.05, 4.69) is 23.8 Å². The molecule has 0 atom stereocenters. The highest BCUT2D eigenvalue weighted by atomic mass is 16.6. The molecular formula is C25H27N3O4. The molecule has 32 heavy (non-hydrogen) atoms. The van der Waals surface area contributed by atoms with Gasteiger partial charge in [-0.2, -0.15) is 0 Å². The van der Waals surface area contributed by atoms with Gasteiger partial charge in [0.05, 0.1) is 5.52 Å². The number of hydrogen-bond acceptors (Lipinski definition) is 5. The minimum absolute atomic E-state index is 0.213. The molecule has 7 nitrogen and oxygen atoms in total. The zero-order valence-corrected chi connectivity index (χ0v) is 19.2. The standard InChI is InChI=1S/C25H27N3O4/c1-14-19-12-26-10-9-17(19)15(2)23-22(14)18-11-16(7-8-20(18)27-23)31-21(29)13-28(6)24(30)32-25(3,4)5/h7-12,27H,13H2,1-6H3. The average Bonchev–Trinajstić information content (AvgIpc) is 3.10. The minimum atomic E-state index is -0.634. The zero-order chi connectivity index (χ0) is 23.2. The fourth-order valence-corrected chi connectivity index (χ4v) is 3.96. The first-order valence-electron chi connectivity index (χ1n) is 10.5. The molecule has 0 aliphatic heterocycles. The fraction of sp³-hybridized carbons (Fsp3) is 0.320. The van der Waals surface area contributed by atoms with Gasteiger partial charge in [-0.25, -0.2) is 9.59 Å². The van der Waals surface area contributed by atoms with Crippen molar-refractivity contribution in [1.29, 1.82) is 0 Å². The maximum absolute atomic E-state index is 12.4. The van der Waals surface area contributed by atoms with Gasteiger partial charge in [0.25, 0.3) is 0 Å². The lowest BCUT2D eigenvalue weighted by atomic mass is 9.97. The summed E-state index contributed by atoms with van der Waals surface area (Å²) < 4.78 is 10.8. The van der Waals surface area contributed by atoms with Crippen LogP contribution in [0.2, 0.25) is 0 Å². The molecule has 2 aromatic heterocycles. The van der Waals surface area contributed by atoms with Crippen LogP contribution in [0, 0.1) is 13.8 Å². The molecule has 0 aliphatic carbocycles. The highest BCUT2D eigenvalue weighted by Crippen LogP contribution is 2.37. The van der Waals surface area contributed by atoms with Gasteiger partial charge >= 0.3 is 12.1 Å². The summed E-state index contributed by atoms with van der Waals surface area (Å²) in [7, 11) is 1.50. The van der Waals surface area contributed by atoms with Crippen molar-refractivity contribution < 1.29 is 19.1 Å². The van der Waals surface area contributed by atoms with Crippen molar-refractivity contribution in [3.8, 4) is 5.75 Å². The largest absolute Gasteiger partial charge is 0.444 e. The number of pyridine rings is 1. The number of amides is 1. The first kappa shape index (κ1) is 21.6. The van der Waals surface area contributed by atoms with Gasteiger partial charge in [0.15, 0.2) is 0 Å². The van der Waals surface area contributed by atoms with Crippen LogP contribution in [0.5, 0.6) is 5.75 Å². The quantitative estimate of drug-likeness (QED) is 0.352. The van der Waals surface area contributed by atoms with E-state index in [0.717, 1.165) is 43.7 Å². The number of nitrogens with one attached hydrogen (secondary N) is 1. The van der Waals surface area contributed by atoms with Crippen molar-refractivity contribution in [2.24, 2.45) is 0 Å². The van der Waals surface area contributed by atoms with Crippen LogP contribution >= 0.6 is 0 Å². The number of carbonyl (C=O) groups is 2. The summed E-state index contributed by atoms with van der Waals surface area (Å²) in [6, 6.07) is 7.53. The lowest BCUT2D eigenvalue weighted by Crippen LogP contribution is -2.38. The second-order valence-corrected chi connectivity index (χ2v) is 9.06. The summed E-state index contributed by atoms with van der Waals surface area (Å²) in [5.41, 5.74) is 3.65. The number of aromatic nitrogens is 2. The number of ether oxygens (including phenoxy) is 2. The van der Waals surface area contributed by atoms with E-state index >= 15 is 0 Å². The third-order valence-electron chi connectivity index (χ3n) is 5.45. The number of benzene rings is 2. The van der Waals surface area contributed by atoms with Crippen LogP contribution in [-0.4, -0.2) is 46.1 Å². The van der Waals surface area contributed by atoms with Crippen molar-refractivity contribution in [2.45, 2.75) is 40.2 Å². The summed E-state index contributed by atoms with van der Waals surface area (Å²) in [5, 5.41) is 4.31. The van der Waals surface area contributed by atoms with Gasteiger partial charge in [-0.05, 0) is 75.4 Å². The van der Waals surface area contributed by atoms with Crippen LogP contribution in [0.25, 0.3) is 32.6 Å². The van der Waals surface area contributed by atoms with E-state index in [0.29, 0.717) is 5.75 Å². The highest BCUT2D eigenvalue weighted by Gasteiger charge is 2.22. The van der Waals surface area contributed by atoms with Gasteiger partial charge in [-0.3, -0.25) is 4.98 Å². The van der Waals surface area contributed by atoms with Crippen LogP contribution in [-0.2, 0) is 9.53 Å². The monoisotopic (exact) mass is 433 g/mol. The van der Waals surface area contributed by atoms with Crippen LogP contribution < -0.4 is 4.74 Å². The van der Waals surface area contributed by atoms with Crippen LogP contribution in [0.4, 0.5) is 4.79 Å². The second-order valence-electron chi connectivity index (χ2n) is 9.06. The molecule has 0 aliphatic rings. The second kappa shape index (κ2) is 7.82. The molecule has 166 valence electrons. The lowest BCUT2D eigenvalue weighted by Gasteiger charge is -2.24. The first-order chi connectivity index (χ1) is 15.0. The molecule has 1 N–H and O–H groups in total. The molecule has 0 saturated heterocycles. The van der Waals surface area contributed by atoms with Crippen molar-refractivity contribution in [3.63, 3.8) is 0 Å². The van der Waals surface area contributed by atoms with E-state index in [1.54, 1.807) is 33.0 Å². The van der Waals surface area contributed by atoms with Gasteiger partial charge in [-0.1, -0.05) is 0 Å². The molecule has 0 saturated carbocycles. The van der Waals surface area contributed by atoms with Crippen LogP contribution in [0.3, 0.4) is 0 Å². The molecule has 2 aromatic carbocycles. The molecule has 1 amide bonds. The number of likely N-dealkylation sites (N-methyl/N-ethyl adjacent to an activating group) is 1. The Hall–Kier alpha value is -3.61. The number of hydrogen-bond donors (Lipinski definition) is 1. The summed E-state index contributed by atoms with van der Waals surface area (Å²) in [4.78, 5) is 33.5. The molecular weight excluding hydrogens is 406 g/mol. The van der Waals surface area contributed by atoms with E-state index in [1.807, 2.05) is 24.4 Å². The predicted molar refractivity (Wildman–Crippen MR) is 125 cm³/mol. The third kappa shape index (κ3) is 3.98.